The van der Waals surface area contributed by atoms with Gasteiger partial charge in [-0.15, -0.1) is 0 Å². The molecule has 1 unspecified atom stereocenters. The number of hydrogen-bond donors (Lipinski definition) is 1. The van der Waals surface area contributed by atoms with Crippen LogP contribution >= 0.6 is 0 Å². The summed E-state index contributed by atoms with van der Waals surface area (Å²) in [5.74, 6) is -2.40. The van der Waals surface area contributed by atoms with Gasteiger partial charge in [0.15, 0.2) is 23.5 Å². The fraction of sp³-hybridized carbons (Fsp3) is 0.400. The Labute approximate surface area is 156 Å². The molecule has 0 bridgehead atoms. The van der Waals surface area contributed by atoms with E-state index in [0.717, 1.165) is 12.8 Å². The molecule has 1 aromatic heterocycles. The maximum absolute atomic E-state index is 14.6. The molecule has 7 heteroatoms. The zero-order valence-corrected chi connectivity index (χ0v) is 15.3. The van der Waals surface area contributed by atoms with Crippen LogP contribution in [0.1, 0.15) is 33.1 Å². The van der Waals surface area contributed by atoms with E-state index in [1.54, 1.807) is 32.2 Å². The quantitative estimate of drug-likeness (QED) is 0.695. The van der Waals surface area contributed by atoms with E-state index in [-0.39, 0.29) is 13.0 Å². The van der Waals surface area contributed by atoms with Gasteiger partial charge in [-0.2, -0.15) is 0 Å². The van der Waals surface area contributed by atoms with Gasteiger partial charge in [0.25, 0.3) is 0 Å². The van der Waals surface area contributed by atoms with Gasteiger partial charge < -0.3 is 14.8 Å². The highest BCUT2D eigenvalue weighted by Gasteiger charge is 2.25. The van der Waals surface area contributed by atoms with E-state index < -0.39 is 29.5 Å². The first-order valence-corrected chi connectivity index (χ1v) is 9.07. The van der Waals surface area contributed by atoms with Crippen LogP contribution in [0.25, 0.3) is 11.1 Å². The monoisotopic (exact) mass is 376 g/mol. The van der Waals surface area contributed by atoms with Crippen LogP contribution in [0, 0.1) is 11.6 Å². The van der Waals surface area contributed by atoms with Gasteiger partial charge >= 0.3 is 5.97 Å². The van der Waals surface area contributed by atoms with E-state index >= 15 is 0 Å². The van der Waals surface area contributed by atoms with Crippen molar-refractivity contribution >= 4 is 11.8 Å². The Morgan fingerprint density at radius 1 is 1.30 bits per heavy atom. The number of carbonyl (C=O) groups excluding carboxylic acids is 1. The lowest BCUT2D eigenvalue weighted by Gasteiger charge is -2.18. The van der Waals surface area contributed by atoms with Crippen molar-refractivity contribution in [1.82, 2.24) is 4.98 Å². The number of benzene rings is 1. The molecule has 0 spiro atoms. The lowest BCUT2D eigenvalue weighted by Crippen LogP contribution is -2.29. The Kier molecular flexibility index (Phi) is 5.88. The van der Waals surface area contributed by atoms with Crippen LogP contribution in [0.5, 0.6) is 5.75 Å². The van der Waals surface area contributed by atoms with Gasteiger partial charge in [0, 0.05) is 17.8 Å². The van der Waals surface area contributed by atoms with Gasteiger partial charge in [-0.25, -0.2) is 18.6 Å². The minimum absolute atomic E-state index is 0.167. The summed E-state index contributed by atoms with van der Waals surface area (Å²) in [6.07, 6.45) is 2.90. The summed E-state index contributed by atoms with van der Waals surface area (Å²) in [6, 6.07) is 6.18. The largest absolute Gasteiger partial charge is 0.473 e. The molecule has 3 rings (SSSR count). The molecule has 1 N–H and O–H groups in total. The predicted octanol–water partition coefficient (Wildman–Crippen LogP) is 4.32. The number of nitrogens with zero attached hydrogens (tertiary/aromatic N) is 1. The van der Waals surface area contributed by atoms with Crippen LogP contribution in [0.2, 0.25) is 0 Å². The third kappa shape index (κ3) is 4.53. The van der Waals surface area contributed by atoms with Crippen molar-refractivity contribution in [2.24, 2.45) is 0 Å². The van der Waals surface area contributed by atoms with Crippen molar-refractivity contribution in [3.63, 3.8) is 0 Å². The van der Waals surface area contributed by atoms with E-state index in [1.165, 1.54) is 12.1 Å². The fourth-order valence-electron chi connectivity index (χ4n) is 2.68. The molecule has 0 aliphatic heterocycles. The van der Waals surface area contributed by atoms with Gasteiger partial charge in [0.2, 0.25) is 0 Å². The van der Waals surface area contributed by atoms with Crippen molar-refractivity contribution in [2.75, 3.05) is 11.9 Å². The van der Waals surface area contributed by atoms with Crippen molar-refractivity contribution in [3.05, 3.63) is 42.1 Å². The van der Waals surface area contributed by atoms with Gasteiger partial charge in [-0.1, -0.05) is 6.92 Å². The second-order valence-electron chi connectivity index (χ2n) is 6.35. The molecule has 1 aromatic carbocycles. The average molecular weight is 376 g/mol. The van der Waals surface area contributed by atoms with E-state index in [4.69, 9.17) is 9.47 Å². The molecule has 1 fully saturated rings. The Bertz CT molecular complexity index is 802. The molecule has 1 heterocycles. The first kappa shape index (κ1) is 19.1. The number of hydrogen-bond acceptors (Lipinski definition) is 5. The molecule has 1 saturated carbocycles. The summed E-state index contributed by atoms with van der Waals surface area (Å²) in [4.78, 5) is 16.1. The number of rotatable bonds is 8. The van der Waals surface area contributed by atoms with Crippen molar-refractivity contribution in [1.29, 1.82) is 0 Å². The molecular formula is C20H22F2N2O3. The maximum Gasteiger partial charge on any atom is 0.347 e. The maximum atomic E-state index is 14.6. The highest BCUT2D eigenvalue weighted by molar-refractivity contribution is 5.77. The predicted molar refractivity (Wildman–Crippen MR) is 97.6 cm³/mol. The minimum atomic E-state index is -1.06. The summed E-state index contributed by atoms with van der Waals surface area (Å²) in [7, 11) is 0. The third-order valence-corrected chi connectivity index (χ3v) is 4.22. The minimum Gasteiger partial charge on any atom is -0.473 e. The Balaban J connectivity index is 1.88. The second kappa shape index (κ2) is 8.33. The fourth-order valence-corrected chi connectivity index (χ4v) is 2.68. The highest BCUT2D eigenvalue weighted by Crippen LogP contribution is 2.34. The second-order valence-corrected chi connectivity index (χ2v) is 6.35. The zero-order valence-electron chi connectivity index (χ0n) is 15.3. The molecular weight excluding hydrogens is 354 g/mol. The SMILES string of the molecule is CCOC(=O)C(CC)Oc1c(F)cc(-c2cccnc2NC2CC2)cc1F. The topological polar surface area (TPSA) is 60.5 Å². The van der Waals surface area contributed by atoms with E-state index in [9.17, 15) is 13.6 Å². The van der Waals surface area contributed by atoms with Crippen LogP contribution in [0.4, 0.5) is 14.6 Å². The first-order valence-electron chi connectivity index (χ1n) is 9.07. The van der Waals surface area contributed by atoms with E-state index in [2.05, 4.69) is 10.3 Å². The molecule has 0 radical (unpaired) electrons. The smallest absolute Gasteiger partial charge is 0.347 e. The highest BCUT2D eigenvalue weighted by atomic mass is 19.1. The van der Waals surface area contributed by atoms with E-state index in [1.807, 2.05) is 0 Å². The number of halogens is 2. The van der Waals surface area contributed by atoms with Gasteiger partial charge in [-0.3, -0.25) is 0 Å². The van der Waals surface area contributed by atoms with Crippen LogP contribution in [0.15, 0.2) is 30.5 Å². The third-order valence-electron chi connectivity index (χ3n) is 4.22. The standard InChI is InChI=1S/C20H22F2N2O3/c1-3-17(20(25)26-4-2)27-18-15(21)10-12(11-16(18)22)14-6-5-9-23-19(14)24-13-7-8-13/h5-6,9-11,13,17H,3-4,7-8H2,1-2H3,(H,23,24). The lowest BCUT2D eigenvalue weighted by molar-refractivity contribution is -0.151. The first-order chi connectivity index (χ1) is 13.0. The van der Waals surface area contributed by atoms with Gasteiger partial charge in [0.1, 0.15) is 5.82 Å². The van der Waals surface area contributed by atoms with Crippen molar-refractivity contribution in [2.45, 2.75) is 45.3 Å². The summed E-state index contributed by atoms with van der Waals surface area (Å²) < 4.78 is 39.3. The molecule has 27 heavy (non-hydrogen) atoms. The molecule has 1 aliphatic rings. The van der Waals surface area contributed by atoms with Crippen LogP contribution in [-0.4, -0.2) is 29.7 Å². The molecule has 0 amide bonds. The van der Waals surface area contributed by atoms with Crippen molar-refractivity contribution < 1.29 is 23.0 Å². The number of aromatic nitrogens is 1. The average Bonchev–Trinajstić information content (AvgIpc) is 3.46. The Hall–Kier alpha value is -2.70. The number of anilines is 1. The number of esters is 1. The number of carbonyl (C=O) groups is 1. The van der Waals surface area contributed by atoms with Crippen molar-refractivity contribution in [3.8, 4) is 16.9 Å². The Morgan fingerprint density at radius 3 is 2.59 bits per heavy atom. The number of pyridine rings is 1. The van der Waals surface area contributed by atoms with Crippen LogP contribution in [-0.2, 0) is 9.53 Å². The summed E-state index contributed by atoms with van der Waals surface area (Å²) in [5, 5.41) is 3.26. The molecule has 2 aromatic rings. The van der Waals surface area contributed by atoms with E-state index in [0.29, 0.717) is 23.0 Å². The lowest BCUT2D eigenvalue weighted by atomic mass is 10.1. The van der Waals surface area contributed by atoms with Crippen LogP contribution < -0.4 is 10.1 Å². The molecule has 144 valence electrons. The summed E-state index contributed by atoms with van der Waals surface area (Å²) >= 11 is 0. The zero-order chi connectivity index (χ0) is 19.4. The summed E-state index contributed by atoms with van der Waals surface area (Å²) in [6.45, 7) is 3.50. The normalized spacial score (nSPS) is 14.5. The molecule has 0 saturated heterocycles. The molecule has 1 atom stereocenters. The number of ether oxygens (including phenoxy) is 2. The van der Waals surface area contributed by atoms with Gasteiger partial charge in [-0.05, 0) is 56.0 Å². The Morgan fingerprint density at radius 2 is 2.00 bits per heavy atom. The van der Waals surface area contributed by atoms with Crippen LogP contribution in [0.3, 0.4) is 0 Å². The molecule has 5 nitrogen and oxygen atoms in total. The van der Waals surface area contributed by atoms with Gasteiger partial charge in [0.05, 0.1) is 6.61 Å². The molecule has 1 aliphatic carbocycles. The number of nitrogens with one attached hydrogen (secondary N) is 1. The summed E-state index contributed by atoms with van der Waals surface area (Å²) in [5.41, 5.74) is 0.948.